The van der Waals surface area contributed by atoms with Gasteiger partial charge >= 0.3 is 0 Å². The largest absolute Gasteiger partial charge is 0.347 e. The van der Waals surface area contributed by atoms with Gasteiger partial charge in [-0.3, -0.25) is 9.59 Å². The van der Waals surface area contributed by atoms with E-state index in [0.717, 1.165) is 18.4 Å². The number of likely N-dealkylation sites (tertiary alicyclic amines) is 1. The fourth-order valence-corrected chi connectivity index (χ4v) is 7.21. The van der Waals surface area contributed by atoms with Gasteiger partial charge in [-0.1, -0.05) is 24.3 Å². The van der Waals surface area contributed by atoms with Crippen molar-refractivity contribution in [3.63, 3.8) is 0 Å². The molecule has 1 aromatic rings. The highest BCUT2D eigenvalue weighted by molar-refractivity contribution is 7.86. The van der Waals surface area contributed by atoms with Crippen LogP contribution in [0.1, 0.15) is 42.9 Å². The molecule has 3 aliphatic heterocycles. The second-order valence-corrected chi connectivity index (χ2v) is 11.4. The maximum atomic E-state index is 13.4. The number of nitriles is 1. The summed E-state index contributed by atoms with van der Waals surface area (Å²) in [5, 5.41) is 12.0. The van der Waals surface area contributed by atoms with Crippen LogP contribution in [0.2, 0.25) is 0 Å². The Morgan fingerprint density at radius 3 is 2.55 bits per heavy atom. The molecule has 176 valence electrons. The number of nitrogens with zero attached hydrogens (tertiary/aromatic N) is 4. The lowest BCUT2D eigenvalue weighted by atomic mass is 9.83. The highest BCUT2D eigenvalue weighted by atomic mass is 32.2. The van der Waals surface area contributed by atoms with Crippen LogP contribution in [-0.4, -0.2) is 72.5 Å². The summed E-state index contributed by atoms with van der Waals surface area (Å²) < 4.78 is 28.5. The molecule has 1 aliphatic carbocycles. The second kappa shape index (κ2) is 8.70. The van der Waals surface area contributed by atoms with Crippen molar-refractivity contribution in [2.75, 3.05) is 32.7 Å². The lowest BCUT2D eigenvalue weighted by molar-refractivity contribution is -0.142. The molecular formula is C23H29N5O4S. The Kier molecular flexibility index (Phi) is 5.89. The molecule has 0 spiro atoms. The fraction of sp³-hybridized carbons (Fsp3) is 0.609. The van der Waals surface area contributed by atoms with Crippen molar-refractivity contribution in [3.05, 3.63) is 35.4 Å². The molecule has 0 radical (unpaired) electrons. The number of carbonyl (C=O) groups is 2. The van der Waals surface area contributed by atoms with Crippen LogP contribution in [0.4, 0.5) is 0 Å². The van der Waals surface area contributed by atoms with Crippen molar-refractivity contribution >= 4 is 22.0 Å². The van der Waals surface area contributed by atoms with E-state index in [1.165, 1.54) is 14.2 Å². The van der Waals surface area contributed by atoms with Gasteiger partial charge in [0.15, 0.2) is 0 Å². The van der Waals surface area contributed by atoms with E-state index in [0.29, 0.717) is 32.4 Å². The number of piperidine rings is 1. The molecule has 4 aliphatic rings. The summed E-state index contributed by atoms with van der Waals surface area (Å²) in [6.45, 7) is 1.47. The molecule has 33 heavy (non-hydrogen) atoms. The molecule has 3 fully saturated rings. The zero-order valence-electron chi connectivity index (χ0n) is 18.5. The number of rotatable bonds is 5. The molecule has 3 heterocycles. The zero-order chi connectivity index (χ0) is 23.2. The van der Waals surface area contributed by atoms with Crippen LogP contribution in [0.5, 0.6) is 0 Å². The van der Waals surface area contributed by atoms with Crippen molar-refractivity contribution in [1.82, 2.24) is 18.8 Å². The van der Waals surface area contributed by atoms with E-state index in [2.05, 4.69) is 17.5 Å². The van der Waals surface area contributed by atoms with E-state index in [1.807, 2.05) is 18.2 Å². The van der Waals surface area contributed by atoms with E-state index in [1.54, 1.807) is 4.90 Å². The Hall–Kier alpha value is -2.48. The molecule has 3 saturated heterocycles. The van der Waals surface area contributed by atoms with E-state index < -0.39 is 22.2 Å². The summed E-state index contributed by atoms with van der Waals surface area (Å²) in [7, 11) is -3.66. The zero-order valence-corrected chi connectivity index (χ0v) is 19.3. The number of fused-ring (bicyclic) bond motifs is 1. The minimum atomic E-state index is -3.66. The van der Waals surface area contributed by atoms with Gasteiger partial charge in [-0.2, -0.15) is 22.3 Å². The summed E-state index contributed by atoms with van der Waals surface area (Å²) in [6, 6.07) is 9.63. The van der Waals surface area contributed by atoms with Gasteiger partial charge in [-0.15, -0.1) is 0 Å². The first-order chi connectivity index (χ1) is 15.9. The van der Waals surface area contributed by atoms with Gasteiger partial charge in [-0.25, -0.2) is 0 Å². The first kappa shape index (κ1) is 22.3. The highest BCUT2D eigenvalue weighted by Crippen LogP contribution is 2.34. The van der Waals surface area contributed by atoms with Gasteiger partial charge in [0.1, 0.15) is 6.04 Å². The van der Waals surface area contributed by atoms with Gasteiger partial charge in [-0.05, 0) is 43.2 Å². The normalized spacial score (nSPS) is 28.3. The van der Waals surface area contributed by atoms with Gasteiger partial charge in [0.05, 0.1) is 23.9 Å². The summed E-state index contributed by atoms with van der Waals surface area (Å²) in [4.78, 5) is 28.1. The van der Waals surface area contributed by atoms with E-state index in [-0.39, 0.29) is 43.4 Å². The molecule has 5 rings (SSSR count). The predicted molar refractivity (Wildman–Crippen MR) is 120 cm³/mol. The van der Waals surface area contributed by atoms with Crippen molar-refractivity contribution in [3.8, 4) is 6.07 Å². The molecule has 3 atom stereocenters. The number of hydrogen-bond donors (Lipinski definition) is 1. The third kappa shape index (κ3) is 4.03. The van der Waals surface area contributed by atoms with E-state index in [4.69, 9.17) is 5.26 Å². The van der Waals surface area contributed by atoms with Crippen LogP contribution >= 0.6 is 0 Å². The van der Waals surface area contributed by atoms with Gasteiger partial charge in [0.2, 0.25) is 11.8 Å². The first-order valence-electron chi connectivity index (χ1n) is 11.7. The number of carbonyl (C=O) groups excluding carboxylic acids is 2. The third-order valence-electron chi connectivity index (χ3n) is 7.43. The molecule has 1 aromatic carbocycles. The van der Waals surface area contributed by atoms with Crippen molar-refractivity contribution in [2.45, 2.75) is 44.2 Å². The Labute approximate surface area is 194 Å². The van der Waals surface area contributed by atoms with Crippen molar-refractivity contribution in [1.29, 1.82) is 5.26 Å². The molecule has 0 aromatic heterocycles. The minimum absolute atomic E-state index is 0.00432. The average Bonchev–Trinajstić information content (AvgIpc) is 3.26. The number of hydrogen-bond acceptors (Lipinski definition) is 5. The van der Waals surface area contributed by atoms with Crippen molar-refractivity contribution < 1.29 is 18.0 Å². The standard InChI is InChI=1S/C23H29N5O4S/c24-12-16-13-27(14-16)33(31,32)26-9-3-6-18(15-26)23(30)28-10-4-8-21(28)22(29)25-20-11-17-5-1-2-7-19(17)20/h1-2,5,7,16,18,20-21H,3-4,6,8-11,13-15H2,(H,25,29)/t18?,20?,21-/m1/s1. The second-order valence-electron chi connectivity index (χ2n) is 9.50. The molecule has 2 amide bonds. The average molecular weight is 472 g/mol. The quantitative estimate of drug-likeness (QED) is 0.683. The Morgan fingerprint density at radius 1 is 1.03 bits per heavy atom. The minimum Gasteiger partial charge on any atom is -0.347 e. The molecule has 9 nitrogen and oxygen atoms in total. The highest BCUT2D eigenvalue weighted by Gasteiger charge is 2.44. The van der Waals surface area contributed by atoms with Crippen LogP contribution in [-0.2, 0) is 26.2 Å². The van der Waals surface area contributed by atoms with Crippen LogP contribution in [0, 0.1) is 23.2 Å². The molecule has 1 N–H and O–H groups in total. The van der Waals surface area contributed by atoms with Crippen LogP contribution < -0.4 is 5.32 Å². The first-order valence-corrected chi connectivity index (χ1v) is 13.1. The monoisotopic (exact) mass is 471 g/mol. The van der Waals surface area contributed by atoms with E-state index in [9.17, 15) is 18.0 Å². The Bertz CT molecular complexity index is 1090. The number of nitrogens with one attached hydrogen (secondary N) is 1. The Balaban J connectivity index is 1.21. The lowest BCUT2D eigenvalue weighted by Gasteiger charge is -2.41. The molecule has 2 unspecified atom stereocenters. The van der Waals surface area contributed by atoms with Gasteiger partial charge in [0, 0.05) is 32.7 Å². The molecular weight excluding hydrogens is 442 g/mol. The number of amides is 2. The lowest BCUT2D eigenvalue weighted by Crippen LogP contribution is -2.57. The van der Waals surface area contributed by atoms with Crippen LogP contribution in [0.25, 0.3) is 0 Å². The number of benzene rings is 1. The topological polar surface area (TPSA) is 114 Å². The Morgan fingerprint density at radius 2 is 1.79 bits per heavy atom. The maximum absolute atomic E-state index is 13.4. The SMILES string of the molecule is N#CC1CN(S(=O)(=O)N2CCCC(C(=O)N3CCC[C@@H]3C(=O)NC3Cc4ccccc43)C2)C1. The molecule has 10 heteroatoms. The summed E-state index contributed by atoms with van der Waals surface area (Å²) in [5.41, 5.74) is 2.38. The van der Waals surface area contributed by atoms with Crippen molar-refractivity contribution in [2.24, 2.45) is 11.8 Å². The fourth-order valence-electron chi connectivity index (χ4n) is 5.42. The molecule has 0 saturated carbocycles. The maximum Gasteiger partial charge on any atom is 0.282 e. The van der Waals surface area contributed by atoms with Crippen LogP contribution in [0.3, 0.4) is 0 Å². The summed E-state index contributed by atoms with van der Waals surface area (Å²) in [5.74, 6) is -0.947. The third-order valence-corrected chi connectivity index (χ3v) is 9.36. The van der Waals surface area contributed by atoms with E-state index >= 15 is 0 Å². The predicted octanol–water partition coefficient (Wildman–Crippen LogP) is 0.803. The smallest absolute Gasteiger partial charge is 0.282 e. The summed E-state index contributed by atoms with van der Waals surface area (Å²) in [6.07, 6.45) is 3.43. The van der Waals surface area contributed by atoms with Gasteiger partial charge < -0.3 is 10.2 Å². The summed E-state index contributed by atoms with van der Waals surface area (Å²) >= 11 is 0. The molecule has 0 bridgehead atoms. The van der Waals surface area contributed by atoms with Gasteiger partial charge in [0.25, 0.3) is 10.2 Å². The van der Waals surface area contributed by atoms with Crippen LogP contribution in [0.15, 0.2) is 24.3 Å².